The summed E-state index contributed by atoms with van der Waals surface area (Å²) in [6.07, 6.45) is 2.12. The zero-order valence-electron chi connectivity index (χ0n) is 9.47. The van der Waals surface area contributed by atoms with Crippen LogP contribution >= 0.6 is 0 Å². The molecule has 0 saturated carbocycles. The third-order valence-corrected chi connectivity index (χ3v) is 3.35. The van der Waals surface area contributed by atoms with Crippen molar-refractivity contribution in [3.63, 3.8) is 0 Å². The molecule has 1 rings (SSSR count). The van der Waals surface area contributed by atoms with Gasteiger partial charge in [-0.25, -0.2) is 18.1 Å². The van der Waals surface area contributed by atoms with E-state index in [4.69, 9.17) is 0 Å². The van der Waals surface area contributed by atoms with E-state index in [1.54, 1.807) is 14.1 Å². The Morgan fingerprint density at radius 3 is 2.81 bits per heavy atom. The molecular weight excluding hydrogens is 230 g/mol. The van der Waals surface area contributed by atoms with Crippen molar-refractivity contribution < 1.29 is 8.42 Å². The zero-order valence-corrected chi connectivity index (χ0v) is 10.3. The molecule has 0 spiro atoms. The Kier molecular flexibility index (Phi) is 4.84. The fourth-order valence-corrected chi connectivity index (χ4v) is 2.17. The first-order valence-corrected chi connectivity index (χ1v) is 6.65. The highest BCUT2D eigenvalue weighted by atomic mass is 32.2. The lowest BCUT2D eigenvalue weighted by Gasteiger charge is -2.04. The summed E-state index contributed by atoms with van der Waals surface area (Å²) in [4.78, 5) is 3.93. The lowest BCUT2D eigenvalue weighted by molar-refractivity contribution is 0.574. The number of aryl methyl sites for hydroxylation is 1. The van der Waals surface area contributed by atoms with Gasteiger partial charge in [0.1, 0.15) is 6.33 Å². The summed E-state index contributed by atoms with van der Waals surface area (Å²) in [6, 6.07) is 0. The maximum absolute atomic E-state index is 11.5. The van der Waals surface area contributed by atoms with Gasteiger partial charge in [-0.1, -0.05) is 0 Å². The van der Waals surface area contributed by atoms with Crippen LogP contribution in [0.1, 0.15) is 12.2 Å². The summed E-state index contributed by atoms with van der Waals surface area (Å²) in [5.74, 6) is 0.584. The SMILES string of the molecule is CNCCCS(=O)(=O)NCc1ncn(C)n1. The van der Waals surface area contributed by atoms with Gasteiger partial charge in [0.25, 0.3) is 0 Å². The van der Waals surface area contributed by atoms with Crippen molar-refractivity contribution in [1.29, 1.82) is 0 Å². The van der Waals surface area contributed by atoms with Crippen molar-refractivity contribution in [2.75, 3.05) is 19.3 Å². The maximum Gasteiger partial charge on any atom is 0.212 e. The van der Waals surface area contributed by atoms with E-state index in [0.29, 0.717) is 18.8 Å². The minimum Gasteiger partial charge on any atom is -0.320 e. The molecule has 1 aromatic heterocycles. The lowest BCUT2D eigenvalue weighted by atomic mass is 10.5. The lowest BCUT2D eigenvalue weighted by Crippen LogP contribution is -2.27. The average Bonchev–Trinajstić information content (AvgIpc) is 2.62. The van der Waals surface area contributed by atoms with Crippen molar-refractivity contribution in [3.05, 3.63) is 12.2 Å². The van der Waals surface area contributed by atoms with Crippen LogP contribution in [0.4, 0.5) is 0 Å². The molecule has 0 aliphatic rings. The van der Waals surface area contributed by atoms with Gasteiger partial charge in [-0.3, -0.25) is 4.68 Å². The van der Waals surface area contributed by atoms with Gasteiger partial charge in [0.15, 0.2) is 5.82 Å². The smallest absolute Gasteiger partial charge is 0.212 e. The van der Waals surface area contributed by atoms with Gasteiger partial charge in [-0.15, -0.1) is 0 Å². The van der Waals surface area contributed by atoms with Crippen molar-refractivity contribution in [3.8, 4) is 0 Å². The Hall–Kier alpha value is -0.990. The molecule has 0 atom stereocenters. The van der Waals surface area contributed by atoms with Crippen LogP contribution in [0.5, 0.6) is 0 Å². The predicted molar refractivity (Wildman–Crippen MR) is 60.2 cm³/mol. The molecule has 1 heterocycles. The maximum atomic E-state index is 11.5. The van der Waals surface area contributed by atoms with Crippen LogP contribution in [-0.4, -0.2) is 42.5 Å². The molecule has 0 fully saturated rings. The summed E-state index contributed by atoms with van der Waals surface area (Å²) in [7, 11) is 0.302. The van der Waals surface area contributed by atoms with E-state index in [0.717, 1.165) is 0 Å². The Morgan fingerprint density at radius 2 is 2.25 bits per heavy atom. The molecule has 0 amide bonds. The van der Waals surface area contributed by atoms with Crippen molar-refractivity contribution in [2.24, 2.45) is 7.05 Å². The van der Waals surface area contributed by atoms with Gasteiger partial charge >= 0.3 is 0 Å². The van der Waals surface area contributed by atoms with E-state index < -0.39 is 10.0 Å². The summed E-state index contributed by atoms with van der Waals surface area (Å²) >= 11 is 0. The minimum atomic E-state index is -3.22. The first-order chi connectivity index (χ1) is 7.53. The van der Waals surface area contributed by atoms with Crippen molar-refractivity contribution >= 4 is 10.0 Å². The number of nitrogens with zero attached hydrogens (tertiary/aromatic N) is 3. The van der Waals surface area contributed by atoms with Crippen LogP contribution in [0.25, 0.3) is 0 Å². The number of hydrogen-bond donors (Lipinski definition) is 2. The Morgan fingerprint density at radius 1 is 1.50 bits per heavy atom. The second-order valence-corrected chi connectivity index (χ2v) is 5.36. The monoisotopic (exact) mass is 247 g/mol. The molecule has 92 valence electrons. The molecule has 0 unspecified atom stereocenters. The standard InChI is InChI=1S/C8H17N5O2S/c1-9-4-3-5-16(14,15)11-6-8-10-7-13(2)12-8/h7,9,11H,3-6H2,1-2H3. The van der Waals surface area contributed by atoms with Crippen LogP contribution in [0.2, 0.25) is 0 Å². The largest absolute Gasteiger partial charge is 0.320 e. The average molecular weight is 247 g/mol. The van der Waals surface area contributed by atoms with Gasteiger partial charge in [0, 0.05) is 7.05 Å². The zero-order chi connectivity index (χ0) is 12.0. The number of aromatic nitrogens is 3. The van der Waals surface area contributed by atoms with Gasteiger partial charge in [-0.05, 0) is 20.0 Å². The van der Waals surface area contributed by atoms with Gasteiger partial charge < -0.3 is 5.32 Å². The summed E-state index contributed by atoms with van der Waals surface area (Å²) in [6.45, 7) is 0.825. The molecule has 0 aliphatic heterocycles. The molecule has 1 aromatic rings. The van der Waals surface area contributed by atoms with Crippen LogP contribution < -0.4 is 10.0 Å². The first-order valence-electron chi connectivity index (χ1n) is 5.00. The predicted octanol–water partition coefficient (Wildman–Crippen LogP) is -1.16. The fraction of sp³-hybridized carbons (Fsp3) is 0.750. The van der Waals surface area contributed by atoms with Crippen LogP contribution in [-0.2, 0) is 23.6 Å². The molecule has 0 aromatic carbocycles. The van der Waals surface area contributed by atoms with E-state index in [1.165, 1.54) is 11.0 Å². The molecule has 0 bridgehead atoms. The highest BCUT2D eigenvalue weighted by molar-refractivity contribution is 7.89. The molecule has 8 heteroatoms. The number of nitrogens with one attached hydrogen (secondary N) is 2. The van der Waals surface area contributed by atoms with Gasteiger partial charge in [0.05, 0.1) is 12.3 Å². The number of sulfonamides is 1. The van der Waals surface area contributed by atoms with Crippen LogP contribution in [0, 0.1) is 0 Å². The van der Waals surface area contributed by atoms with E-state index in [1.807, 2.05) is 0 Å². The van der Waals surface area contributed by atoms with E-state index in [-0.39, 0.29) is 12.3 Å². The van der Waals surface area contributed by atoms with E-state index in [2.05, 4.69) is 20.1 Å². The van der Waals surface area contributed by atoms with Crippen LogP contribution in [0.3, 0.4) is 0 Å². The Labute approximate surface area is 95.3 Å². The molecule has 0 radical (unpaired) electrons. The quantitative estimate of drug-likeness (QED) is 0.594. The second-order valence-electron chi connectivity index (χ2n) is 3.43. The Bertz CT molecular complexity index is 414. The van der Waals surface area contributed by atoms with E-state index >= 15 is 0 Å². The summed E-state index contributed by atoms with van der Waals surface area (Å²) in [5.41, 5.74) is 0. The van der Waals surface area contributed by atoms with Crippen molar-refractivity contribution in [2.45, 2.75) is 13.0 Å². The normalized spacial score (nSPS) is 11.9. The Balaban J connectivity index is 2.36. The highest BCUT2D eigenvalue weighted by Gasteiger charge is 2.10. The molecule has 0 aliphatic carbocycles. The topological polar surface area (TPSA) is 88.9 Å². The summed E-state index contributed by atoms with van der Waals surface area (Å²) in [5, 5.41) is 6.87. The van der Waals surface area contributed by atoms with Crippen molar-refractivity contribution in [1.82, 2.24) is 24.8 Å². The molecule has 0 saturated heterocycles. The number of rotatable bonds is 7. The highest BCUT2D eigenvalue weighted by Crippen LogP contribution is 1.92. The minimum absolute atomic E-state index is 0.112. The second kappa shape index (κ2) is 5.92. The third kappa shape index (κ3) is 4.69. The molecular formula is C8H17N5O2S. The fourth-order valence-electron chi connectivity index (χ4n) is 1.15. The molecule has 7 nitrogen and oxygen atoms in total. The number of hydrogen-bond acceptors (Lipinski definition) is 5. The first kappa shape index (κ1) is 13.1. The van der Waals surface area contributed by atoms with Gasteiger partial charge in [-0.2, -0.15) is 5.10 Å². The van der Waals surface area contributed by atoms with E-state index in [9.17, 15) is 8.42 Å². The molecule has 16 heavy (non-hydrogen) atoms. The molecule has 2 N–H and O–H groups in total. The van der Waals surface area contributed by atoms with Gasteiger partial charge in [0.2, 0.25) is 10.0 Å². The van der Waals surface area contributed by atoms with Crippen LogP contribution in [0.15, 0.2) is 6.33 Å². The third-order valence-electron chi connectivity index (χ3n) is 1.94. The summed E-state index contributed by atoms with van der Waals surface area (Å²) < 4.78 is 27.0.